The molecule has 0 aromatic heterocycles. The van der Waals surface area contributed by atoms with E-state index in [0.29, 0.717) is 23.8 Å². The second kappa shape index (κ2) is 15.5. The molecule has 0 aliphatic rings. The molecule has 0 radical (unpaired) electrons. The van der Waals surface area contributed by atoms with Crippen LogP contribution in [-0.2, 0) is 11.3 Å². The van der Waals surface area contributed by atoms with Gasteiger partial charge in [-0.1, -0.05) is 0 Å². The molecule has 1 aromatic rings. The summed E-state index contributed by atoms with van der Waals surface area (Å²) in [6.07, 6.45) is 0. The standard InChI is InChI=1S/C19H34N4O4.HI/c1-7-20-19(21-8-9-23(2)10-11-24-3)22-14-15-12-16(25-4)18(27-6)17(13-15)26-5;/h12-13H,7-11,14H2,1-6H3,(H2,20,21,22);1H. The van der Waals surface area contributed by atoms with E-state index < -0.39 is 0 Å². The third kappa shape index (κ3) is 9.16. The highest BCUT2D eigenvalue weighted by Crippen LogP contribution is 2.38. The first-order chi connectivity index (χ1) is 13.1. The number of nitrogens with one attached hydrogen (secondary N) is 2. The summed E-state index contributed by atoms with van der Waals surface area (Å²) in [5.41, 5.74) is 0.971. The molecule has 2 N–H and O–H groups in total. The van der Waals surface area contributed by atoms with Crippen LogP contribution in [0, 0.1) is 0 Å². The van der Waals surface area contributed by atoms with Gasteiger partial charge in [0, 0.05) is 33.3 Å². The van der Waals surface area contributed by atoms with Crippen LogP contribution in [0.2, 0.25) is 0 Å². The van der Waals surface area contributed by atoms with Crippen LogP contribution in [-0.4, -0.2) is 79.1 Å². The first kappa shape index (κ1) is 26.5. The molecule has 0 amide bonds. The highest BCUT2D eigenvalue weighted by atomic mass is 127. The first-order valence-electron chi connectivity index (χ1n) is 9.08. The minimum absolute atomic E-state index is 0. The number of likely N-dealkylation sites (N-methyl/N-ethyl adjacent to an activating group) is 1. The molecule has 0 atom stereocenters. The minimum Gasteiger partial charge on any atom is -0.493 e. The van der Waals surface area contributed by atoms with E-state index in [9.17, 15) is 0 Å². The molecule has 0 fully saturated rings. The van der Waals surface area contributed by atoms with Crippen molar-refractivity contribution in [2.75, 3.05) is 68.3 Å². The van der Waals surface area contributed by atoms with Crippen molar-refractivity contribution in [2.45, 2.75) is 13.5 Å². The van der Waals surface area contributed by atoms with Gasteiger partial charge in [0.05, 0.1) is 34.5 Å². The maximum Gasteiger partial charge on any atom is 0.203 e. The zero-order valence-electron chi connectivity index (χ0n) is 17.8. The van der Waals surface area contributed by atoms with Crippen LogP contribution in [0.4, 0.5) is 0 Å². The van der Waals surface area contributed by atoms with Crippen LogP contribution in [0.3, 0.4) is 0 Å². The molecule has 0 saturated heterocycles. The van der Waals surface area contributed by atoms with Crippen molar-refractivity contribution in [2.24, 2.45) is 4.99 Å². The molecule has 0 aliphatic carbocycles. The third-order valence-corrected chi connectivity index (χ3v) is 3.95. The molecule has 9 heteroatoms. The van der Waals surface area contributed by atoms with Crippen LogP contribution >= 0.6 is 24.0 Å². The SMILES string of the molecule is CCNC(=NCc1cc(OC)c(OC)c(OC)c1)NCCN(C)CCOC.I. The zero-order valence-corrected chi connectivity index (χ0v) is 20.2. The normalized spacial score (nSPS) is 11.0. The molecular weight excluding hydrogens is 475 g/mol. The lowest BCUT2D eigenvalue weighted by atomic mass is 10.2. The third-order valence-electron chi connectivity index (χ3n) is 3.95. The Hall–Kier alpha value is -1.46. The Morgan fingerprint density at radius 3 is 2.14 bits per heavy atom. The van der Waals surface area contributed by atoms with E-state index in [1.54, 1.807) is 28.4 Å². The molecular formula is C19H35IN4O4. The van der Waals surface area contributed by atoms with E-state index in [-0.39, 0.29) is 24.0 Å². The van der Waals surface area contributed by atoms with Crippen molar-refractivity contribution in [3.8, 4) is 17.2 Å². The van der Waals surface area contributed by atoms with E-state index in [4.69, 9.17) is 18.9 Å². The smallest absolute Gasteiger partial charge is 0.203 e. The molecule has 0 unspecified atom stereocenters. The van der Waals surface area contributed by atoms with Gasteiger partial charge in [0.25, 0.3) is 0 Å². The van der Waals surface area contributed by atoms with Crippen molar-refractivity contribution >= 4 is 29.9 Å². The molecule has 28 heavy (non-hydrogen) atoms. The van der Waals surface area contributed by atoms with Gasteiger partial charge in [0.2, 0.25) is 5.75 Å². The quantitative estimate of drug-likeness (QED) is 0.253. The maximum absolute atomic E-state index is 5.40. The van der Waals surface area contributed by atoms with Gasteiger partial charge < -0.3 is 34.5 Å². The highest BCUT2D eigenvalue weighted by molar-refractivity contribution is 14.0. The van der Waals surface area contributed by atoms with Crippen LogP contribution in [0.1, 0.15) is 12.5 Å². The van der Waals surface area contributed by atoms with Crippen molar-refractivity contribution < 1.29 is 18.9 Å². The summed E-state index contributed by atoms with van der Waals surface area (Å²) in [6, 6.07) is 3.82. The highest BCUT2D eigenvalue weighted by Gasteiger charge is 2.13. The number of halogens is 1. The summed E-state index contributed by atoms with van der Waals surface area (Å²) in [5, 5.41) is 6.61. The first-order valence-corrected chi connectivity index (χ1v) is 9.08. The number of benzene rings is 1. The Kier molecular flexibility index (Phi) is 14.7. The fourth-order valence-electron chi connectivity index (χ4n) is 2.46. The summed E-state index contributed by atoms with van der Waals surface area (Å²) < 4.78 is 21.2. The zero-order chi connectivity index (χ0) is 20.1. The van der Waals surface area contributed by atoms with Gasteiger partial charge in [-0.3, -0.25) is 0 Å². The van der Waals surface area contributed by atoms with E-state index >= 15 is 0 Å². The Bertz CT molecular complexity index is 562. The Labute approximate surface area is 186 Å². The molecule has 8 nitrogen and oxygen atoms in total. The fraction of sp³-hybridized carbons (Fsp3) is 0.632. The Morgan fingerprint density at radius 2 is 1.64 bits per heavy atom. The van der Waals surface area contributed by atoms with Crippen LogP contribution in [0.25, 0.3) is 0 Å². The van der Waals surface area contributed by atoms with Crippen LogP contribution in [0.15, 0.2) is 17.1 Å². The second-order valence-electron chi connectivity index (χ2n) is 5.95. The van der Waals surface area contributed by atoms with Crippen LogP contribution in [0.5, 0.6) is 17.2 Å². The number of guanidine groups is 1. The van der Waals surface area contributed by atoms with Gasteiger partial charge in [-0.2, -0.15) is 0 Å². The van der Waals surface area contributed by atoms with Gasteiger partial charge in [0.15, 0.2) is 17.5 Å². The summed E-state index contributed by atoms with van der Waals surface area (Å²) in [6.45, 7) is 6.65. The molecule has 0 aliphatic heterocycles. The van der Waals surface area contributed by atoms with Crippen molar-refractivity contribution in [1.29, 1.82) is 0 Å². The van der Waals surface area contributed by atoms with E-state index in [0.717, 1.165) is 44.3 Å². The number of nitrogens with zero attached hydrogens (tertiary/aromatic N) is 2. The Morgan fingerprint density at radius 1 is 1.00 bits per heavy atom. The van der Waals surface area contributed by atoms with Crippen molar-refractivity contribution in [1.82, 2.24) is 15.5 Å². The van der Waals surface area contributed by atoms with Gasteiger partial charge in [-0.25, -0.2) is 4.99 Å². The average Bonchev–Trinajstić information content (AvgIpc) is 2.69. The largest absolute Gasteiger partial charge is 0.493 e. The topological polar surface area (TPSA) is 76.6 Å². The fourth-order valence-corrected chi connectivity index (χ4v) is 2.46. The van der Waals surface area contributed by atoms with E-state index in [1.165, 1.54) is 0 Å². The number of methoxy groups -OCH3 is 4. The minimum atomic E-state index is 0. The Balaban J connectivity index is 0.00000729. The monoisotopic (exact) mass is 510 g/mol. The van der Waals surface area contributed by atoms with E-state index in [1.807, 2.05) is 19.1 Å². The van der Waals surface area contributed by atoms with Crippen molar-refractivity contribution in [3.05, 3.63) is 17.7 Å². The predicted octanol–water partition coefficient (Wildman–Crippen LogP) is 1.96. The van der Waals surface area contributed by atoms with E-state index in [2.05, 4.69) is 27.6 Å². The predicted molar refractivity (Wildman–Crippen MR) is 124 cm³/mol. The number of rotatable bonds is 12. The average molecular weight is 510 g/mol. The molecule has 162 valence electrons. The molecule has 0 saturated carbocycles. The number of hydrogen-bond acceptors (Lipinski definition) is 6. The number of ether oxygens (including phenoxy) is 4. The van der Waals surface area contributed by atoms with Gasteiger partial charge >= 0.3 is 0 Å². The number of aliphatic imine (C=N–C) groups is 1. The lowest BCUT2D eigenvalue weighted by molar-refractivity contribution is 0.162. The second-order valence-corrected chi connectivity index (χ2v) is 5.95. The van der Waals surface area contributed by atoms with Crippen LogP contribution < -0.4 is 24.8 Å². The summed E-state index contributed by atoms with van der Waals surface area (Å²) in [7, 11) is 8.59. The molecule has 0 heterocycles. The summed E-state index contributed by atoms with van der Waals surface area (Å²) in [5.74, 6) is 2.60. The maximum atomic E-state index is 5.40. The molecule has 1 rings (SSSR count). The van der Waals surface area contributed by atoms with Gasteiger partial charge in [0.1, 0.15) is 0 Å². The summed E-state index contributed by atoms with van der Waals surface area (Å²) >= 11 is 0. The molecule has 1 aromatic carbocycles. The molecule has 0 spiro atoms. The summed E-state index contributed by atoms with van der Waals surface area (Å²) in [4.78, 5) is 6.86. The van der Waals surface area contributed by atoms with Gasteiger partial charge in [-0.05, 0) is 31.7 Å². The van der Waals surface area contributed by atoms with Gasteiger partial charge in [-0.15, -0.1) is 24.0 Å². The lowest BCUT2D eigenvalue weighted by Gasteiger charge is -2.18. The van der Waals surface area contributed by atoms with Crippen molar-refractivity contribution in [3.63, 3.8) is 0 Å². The lowest BCUT2D eigenvalue weighted by Crippen LogP contribution is -2.41. The number of hydrogen-bond donors (Lipinski definition) is 2. The molecule has 0 bridgehead atoms.